The quantitative estimate of drug-likeness (QED) is 0.800. The van der Waals surface area contributed by atoms with Gasteiger partial charge in [0.1, 0.15) is 11.4 Å². The van der Waals surface area contributed by atoms with Gasteiger partial charge in [-0.2, -0.15) is 5.10 Å². The highest BCUT2D eigenvalue weighted by Gasteiger charge is 2.33. The molecule has 2 atom stereocenters. The van der Waals surface area contributed by atoms with Crippen molar-refractivity contribution < 1.29 is 13.9 Å². The zero-order valence-corrected chi connectivity index (χ0v) is 15.8. The zero-order chi connectivity index (χ0) is 18.9. The number of hydrogen-bond acceptors (Lipinski definition) is 3. The van der Waals surface area contributed by atoms with Crippen LogP contribution in [0.4, 0.5) is 9.18 Å². The SMILES string of the molecule is CC1CN(C(=O)OC(C)(C)C)CC[C@@H]1c1ccnn1-c1ccc(F)cc1. The Labute approximate surface area is 153 Å². The molecule has 1 aromatic carbocycles. The van der Waals surface area contributed by atoms with Gasteiger partial charge in [-0.15, -0.1) is 0 Å². The topological polar surface area (TPSA) is 47.4 Å². The lowest BCUT2D eigenvalue weighted by Crippen LogP contribution is -2.44. The van der Waals surface area contributed by atoms with Crippen LogP contribution in [0.15, 0.2) is 36.5 Å². The highest BCUT2D eigenvalue weighted by Crippen LogP contribution is 2.34. The van der Waals surface area contributed by atoms with E-state index in [4.69, 9.17) is 4.74 Å². The van der Waals surface area contributed by atoms with Crippen molar-refractivity contribution in [2.45, 2.75) is 45.6 Å². The molecule has 140 valence electrons. The lowest BCUT2D eigenvalue weighted by Gasteiger charge is -2.37. The number of nitrogens with zero attached hydrogens (tertiary/aromatic N) is 3. The third-order valence-corrected chi connectivity index (χ3v) is 4.68. The summed E-state index contributed by atoms with van der Waals surface area (Å²) in [5.74, 6) is 0.287. The molecule has 0 radical (unpaired) electrons. The van der Waals surface area contributed by atoms with Crippen LogP contribution in [0.5, 0.6) is 0 Å². The Morgan fingerprint density at radius 3 is 2.54 bits per heavy atom. The number of likely N-dealkylation sites (tertiary alicyclic amines) is 1. The van der Waals surface area contributed by atoms with Crippen molar-refractivity contribution in [2.75, 3.05) is 13.1 Å². The Kier molecular flexibility index (Phi) is 5.03. The third kappa shape index (κ3) is 4.06. The summed E-state index contributed by atoms with van der Waals surface area (Å²) < 4.78 is 20.6. The summed E-state index contributed by atoms with van der Waals surface area (Å²) in [5.41, 5.74) is 1.44. The number of carbonyl (C=O) groups excluding carboxylic acids is 1. The second-order valence-corrected chi connectivity index (χ2v) is 7.94. The van der Waals surface area contributed by atoms with E-state index in [0.717, 1.165) is 17.8 Å². The lowest BCUT2D eigenvalue weighted by molar-refractivity contribution is 0.0153. The predicted molar refractivity (Wildman–Crippen MR) is 97.9 cm³/mol. The number of carbonyl (C=O) groups is 1. The number of ether oxygens (including phenoxy) is 1. The molecular weight excluding hydrogens is 333 g/mol. The Morgan fingerprint density at radius 2 is 1.92 bits per heavy atom. The molecule has 26 heavy (non-hydrogen) atoms. The van der Waals surface area contributed by atoms with Crippen molar-refractivity contribution in [1.82, 2.24) is 14.7 Å². The Balaban J connectivity index is 1.74. The van der Waals surface area contributed by atoms with Gasteiger partial charge >= 0.3 is 6.09 Å². The molecule has 0 saturated carbocycles. The molecule has 3 rings (SSSR count). The molecule has 1 fully saturated rings. The van der Waals surface area contributed by atoms with Gasteiger partial charge in [0.2, 0.25) is 0 Å². The van der Waals surface area contributed by atoms with E-state index in [1.165, 1.54) is 12.1 Å². The normalized spacial score (nSPS) is 20.9. The number of amides is 1. The van der Waals surface area contributed by atoms with Gasteiger partial charge in [0.25, 0.3) is 0 Å². The van der Waals surface area contributed by atoms with Gasteiger partial charge in [-0.25, -0.2) is 13.9 Å². The maximum Gasteiger partial charge on any atom is 0.410 e. The first-order chi connectivity index (χ1) is 12.2. The standard InChI is InChI=1S/C20H26FN3O2/c1-14-13-23(19(25)26-20(2,3)4)12-10-17(14)18-9-11-22-24(18)16-7-5-15(21)6-8-16/h5-9,11,14,17H,10,12-13H2,1-4H3/t14?,17-/m0/s1. The zero-order valence-electron chi connectivity index (χ0n) is 15.8. The second-order valence-electron chi connectivity index (χ2n) is 7.94. The average molecular weight is 359 g/mol. The number of rotatable bonds is 2. The van der Waals surface area contributed by atoms with E-state index < -0.39 is 5.60 Å². The van der Waals surface area contributed by atoms with Crippen LogP contribution in [-0.4, -0.2) is 39.5 Å². The number of piperidine rings is 1. The fraction of sp³-hybridized carbons (Fsp3) is 0.500. The molecule has 0 bridgehead atoms. The van der Waals surface area contributed by atoms with Crippen LogP contribution in [-0.2, 0) is 4.74 Å². The average Bonchev–Trinajstić information content (AvgIpc) is 3.03. The fourth-order valence-corrected chi connectivity index (χ4v) is 3.47. The maximum atomic E-state index is 13.2. The molecule has 1 aliphatic heterocycles. The van der Waals surface area contributed by atoms with E-state index in [1.807, 2.05) is 31.5 Å². The first-order valence-corrected chi connectivity index (χ1v) is 9.02. The highest BCUT2D eigenvalue weighted by molar-refractivity contribution is 5.68. The van der Waals surface area contributed by atoms with Gasteiger partial charge < -0.3 is 9.64 Å². The minimum absolute atomic E-state index is 0.255. The number of aromatic nitrogens is 2. The van der Waals surface area contributed by atoms with Gasteiger partial charge in [0.15, 0.2) is 0 Å². The monoisotopic (exact) mass is 359 g/mol. The summed E-state index contributed by atoms with van der Waals surface area (Å²) in [5, 5.41) is 4.42. The molecule has 0 N–H and O–H groups in total. The Morgan fingerprint density at radius 1 is 1.23 bits per heavy atom. The van der Waals surface area contributed by atoms with Crippen LogP contribution < -0.4 is 0 Å². The van der Waals surface area contributed by atoms with Gasteiger partial charge in [0.05, 0.1) is 5.69 Å². The molecule has 1 aromatic heterocycles. The largest absolute Gasteiger partial charge is 0.444 e. The van der Waals surface area contributed by atoms with Crippen LogP contribution in [0.3, 0.4) is 0 Å². The summed E-state index contributed by atoms with van der Waals surface area (Å²) >= 11 is 0. The minimum Gasteiger partial charge on any atom is -0.444 e. The molecular formula is C20H26FN3O2. The maximum absolute atomic E-state index is 13.2. The summed E-state index contributed by atoms with van der Waals surface area (Å²) in [6.07, 6.45) is 2.36. The van der Waals surface area contributed by atoms with Crippen molar-refractivity contribution in [3.8, 4) is 5.69 Å². The molecule has 5 nitrogen and oxygen atoms in total. The molecule has 6 heteroatoms. The van der Waals surface area contributed by atoms with E-state index in [9.17, 15) is 9.18 Å². The van der Waals surface area contributed by atoms with E-state index in [-0.39, 0.29) is 23.7 Å². The van der Waals surface area contributed by atoms with E-state index in [1.54, 1.807) is 23.2 Å². The number of halogens is 1. The first-order valence-electron chi connectivity index (χ1n) is 9.02. The Bertz CT molecular complexity index is 764. The van der Waals surface area contributed by atoms with Crippen LogP contribution >= 0.6 is 0 Å². The van der Waals surface area contributed by atoms with Crippen LogP contribution in [0.1, 0.15) is 45.7 Å². The van der Waals surface area contributed by atoms with Crippen molar-refractivity contribution >= 4 is 6.09 Å². The molecule has 2 heterocycles. The predicted octanol–water partition coefficient (Wildman–Crippen LogP) is 4.37. The number of benzene rings is 1. The van der Waals surface area contributed by atoms with Gasteiger partial charge in [0, 0.05) is 30.9 Å². The van der Waals surface area contributed by atoms with Crippen molar-refractivity contribution in [1.29, 1.82) is 0 Å². The van der Waals surface area contributed by atoms with E-state index in [0.29, 0.717) is 13.1 Å². The fourth-order valence-electron chi connectivity index (χ4n) is 3.47. The van der Waals surface area contributed by atoms with Crippen molar-refractivity contribution in [3.63, 3.8) is 0 Å². The van der Waals surface area contributed by atoms with E-state index in [2.05, 4.69) is 12.0 Å². The van der Waals surface area contributed by atoms with Gasteiger partial charge in [-0.05, 0) is 63.4 Å². The molecule has 1 unspecified atom stereocenters. The lowest BCUT2D eigenvalue weighted by atomic mass is 9.84. The molecule has 1 amide bonds. The summed E-state index contributed by atoms with van der Waals surface area (Å²) in [6, 6.07) is 8.34. The van der Waals surface area contributed by atoms with Crippen molar-refractivity contribution in [3.05, 3.63) is 48.0 Å². The molecule has 1 aliphatic rings. The molecule has 2 aromatic rings. The highest BCUT2D eigenvalue weighted by atomic mass is 19.1. The number of hydrogen-bond donors (Lipinski definition) is 0. The first kappa shape index (κ1) is 18.4. The molecule has 0 spiro atoms. The molecule has 1 saturated heterocycles. The smallest absolute Gasteiger partial charge is 0.410 e. The van der Waals surface area contributed by atoms with Crippen LogP contribution in [0.2, 0.25) is 0 Å². The summed E-state index contributed by atoms with van der Waals surface area (Å²) in [4.78, 5) is 14.1. The Hall–Kier alpha value is -2.37. The summed E-state index contributed by atoms with van der Waals surface area (Å²) in [6.45, 7) is 9.07. The van der Waals surface area contributed by atoms with Crippen LogP contribution in [0.25, 0.3) is 5.69 Å². The second kappa shape index (κ2) is 7.09. The summed E-state index contributed by atoms with van der Waals surface area (Å²) in [7, 11) is 0. The third-order valence-electron chi connectivity index (χ3n) is 4.68. The molecule has 0 aliphatic carbocycles. The van der Waals surface area contributed by atoms with Crippen LogP contribution in [0, 0.1) is 11.7 Å². The van der Waals surface area contributed by atoms with Gasteiger partial charge in [-0.3, -0.25) is 0 Å². The van der Waals surface area contributed by atoms with Crippen molar-refractivity contribution in [2.24, 2.45) is 5.92 Å². The minimum atomic E-state index is -0.488. The van der Waals surface area contributed by atoms with Gasteiger partial charge in [-0.1, -0.05) is 6.92 Å². The van der Waals surface area contributed by atoms with E-state index >= 15 is 0 Å².